The van der Waals surface area contributed by atoms with Gasteiger partial charge < -0.3 is 15.0 Å². The van der Waals surface area contributed by atoms with Gasteiger partial charge >= 0.3 is 5.97 Å². The van der Waals surface area contributed by atoms with Crippen molar-refractivity contribution in [1.29, 1.82) is 0 Å². The molecule has 1 unspecified atom stereocenters. The summed E-state index contributed by atoms with van der Waals surface area (Å²) in [4.78, 5) is 34.3. The molecule has 1 heterocycles. The Morgan fingerprint density at radius 1 is 1.40 bits per heavy atom. The smallest absolute Gasteiger partial charge is 0.303 e. The second-order valence-electron chi connectivity index (χ2n) is 4.54. The van der Waals surface area contributed by atoms with Crippen LogP contribution in [0, 0.1) is 0 Å². The molecule has 0 bridgehead atoms. The quantitative estimate of drug-likeness (QED) is 0.700. The van der Waals surface area contributed by atoms with Gasteiger partial charge in [0, 0.05) is 25.2 Å². The number of hydrogen-bond acceptors (Lipinski definition) is 3. The fourth-order valence-corrected chi connectivity index (χ4v) is 1.94. The molecular weight excluding hydrogens is 260 g/mol. The van der Waals surface area contributed by atoms with Crippen LogP contribution in [0.25, 0.3) is 0 Å². The summed E-state index contributed by atoms with van der Waals surface area (Å²) in [6.07, 6.45) is 3.33. The highest BCUT2D eigenvalue weighted by molar-refractivity contribution is 5.80. The number of carboxylic acid groups (broad SMARTS) is 1. The number of nitrogens with zero attached hydrogens (tertiary/aromatic N) is 1. The van der Waals surface area contributed by atoms with Crippen LogP contribution in [0.3, 0.4) is 0 Å². The summed E-state index contributed by atoms with van der Waals surface area (Å²) in [6.45, 7) is 2.24. The van der Waals surface area contributed by atoms with E-state index in [0.717, 1.165) is 6.42 Å². The molecule has 110 valence electrons. The van der Waals surface area contributed by atoms with Crippen molar-refractivity contribution >= 4 is 11.9 Å². The first-order valence-electron chi connectivity index (χ1n) is 6.73. The van der Waals surface area contributed by atoms with Crippen LogP contribution < -0.4 is 10.9 Å². The van der Waals surface area contributed by atoms with Crippen molar-refractivity contribution in [1.82, 2.24) is 9.88 Å². The average Bonchev–Trinajstić information content (AvgIpc) is 2.41. The fraction of sp³-hybridized carbons (Fsp3) is 0.500. The van der Waals surface area contributed by atoms with Crippen LogP contribution in [0.2, 0.25) is 0 Å². The van der Waals surface area contributed by atoms with Crippen molar-refractivity contribution in [3.8, 4) is 0 Å². The number of pyridine rings is 1. The van der Waals surface area contributed by atoms with E-state index in [1.54, 1.807) is 18.3 Å². The Labute approximate surface area is 117 Å². The zero-order valence-corrected chi connectivity index (χ0v) is 11.5. The van der Waals surface area contributed by atoms with E-state index < -0.39 is 12.0 Å². The highest BCUT2D eigenvalue weighted by Gasteiger charge is 2.19. The third-order valence-electron chi connectivity index (χ3n) is 2.92. The molecule has 0 aliphatic rings. The third kappa shape index (κ3) is 4.87. The van der Waals surface area contributed by atoms with Crippen LogP contribution in [0.5, 0.6) is 0 Å². The lowest BCUT2D eigenvalue weighted by Crippen LogP contribution is -2.37. The predicted octanol–water partition coefficient (Wildman–Crippen LogP) is 1.17. The van der Waals surface area contributed by atoms with Gasteiger partial charge in [0.05, 0.1) is 0 Å². The Bertz CT molecular complexity index is 510. The number of carbonyl (C=O) groups excluding carboxylic acids is 1. The van der Waals surface area contributed by atoms with E-state index in [-0.39, 0.29) is 17.9 Å². The highest BCUT2D eigenvalue weighted by atomic mass is 16.4. The van der Waals surface area contributed by atoms with Gasteiger partial charge in [0.2, 0.25) is 5.91 Å². The third-order valence-corrected chi connectivity index (χ3v) is 2.92. The van der Waals surface area contributed by atoms with Gasteiger partial charge in [0.25, 0.3) is 5.56 Å². The van der Waals surface area contributed by atoms with E-state index in [1.807, 2.05) is 6.92 Å². The van der Waals surface area contributed by atoms with E-state index >= 15 is 0 Å². The summed E-state index contributed by atoms with van der Waals surface area (Å²) in [7, 11) is 0. The second-order valence-corrected chi connectivity index (χ2v) is 4.54. The number of aliphatic carboxylic acids is 1. The highest BCUT2D eigenvalue weighted by Crippen LogP contribution is 2.11. The first-order chi connectivity index (χ1) is 9.56. The van der Waals surface area contributed by atoms with Crippen molar-refractivity contribution in [3.05, 3.63) is 34.7 Å². The molecule has 0 radical (unpaired) electrons. The van der Waals surface area contributed by atoms with Crippen LogP contribution >= 0.6 is 0 Å². The number of aromatic nitrogens is 1. The largest absolute Gasteiger partial charge is 0.481 e. The summed E-state index contributed by atoms with van der Waals surface area (Å²) >= 11 is 0. The van der Waals surface area contributed by atoms with Crippen molar-refractivity contribution in [3.63, 3.8) is 0 Å². The van der Waals surface area contributed by atoms with Gasteiger partial charge in [-0.25, -0.2) is 0 Å². The number of carbonyl (C=O) groups is 2. The zero-order chi connectivity index (χ0) is 15.0. The monoisotopic (exact) mass is 280 g/mol. The normalized spacial score (nSPS) is 11.8. The van der Waals surface area contributed by atoms with Gasteiger partial charge in [0.15, 0.2) is 0 Å². The standard InChI is InChI=1S/C14H20N2O4/c1-2-6-11(16-10-4-3-7-12(16)17)14(20)15-9-5-8-13(18)19/h3-4,7,10-11H,2,5-6,8-9H2,1H3,(H,15,20)(H,18,19). The molecule has 0 aliphatic carbocycles. The maximum absolute atomic E-state index is 12.1. The van der Waals surface area contributed by atoms with Crippen LogP contribution in [0.15, 0.2) is 29.2 Å². The molecule has 6 heteroatoms. The predicted molar refractivity (Wildman–Crippen MR) is 74.5 cm³/mol. The van der Waals surface area contributed by atoms with E-state index in [9.17, 15) is 14.4 Å². The van der Waals surface area contributed by atoms with Gasteiger partial charge in [-0.05, 0) is 18.9 Å². The number of carboxylic acids is 1. The fourth-order valence-electron chi connectivity index (χ4n) is 1.94. The van der Waals surface area contributed by atoms with Crippen molar-refractivity contribution in [2.24, 2.45) is 0 Å². The molecule has 1 aromatic heterocycles. The zero-order valence-electron chi connectivity index (χ0n) is 11.5. The molecule has 1 aromatic rings. The summed E-state index contributed by atoms with van der Waals surface area (Å²) in [5.74, 6) is -1.13. The molecule has 0 saturated carbocycles. The van der Waals surface area contributed by atoms with Crippen molar-refractivity contribution in [2.75, 3.05) is 6.54 Å². The lowest BCUT2D eigenvalue weighted by molar-refractivity contribution is -0.137. The second kappa shape index (κ2) is 8.14. The Balaban J connectivity index is 2.66. The minimum atomic E-state index is -0.886. The van der Waals surface area contributed by atoms with Crippen LogP contribution in [-0.2, 0) is 9.59 Å². The SMILES string of the molecule is CCCC(C(=O)NCCCC(=O)O)n1ccccc1=O. The minimum absolute atomic E-state index is 0.0179. The maximum atomic E-state index is 12.1. The Hall–Kier alpha value is -2.11. The van der Waals surface area contributed by atoms with E-state index in [4.69, 9.17) is 5.11 Å². The molecule has 20 heavy (non-hydrogen) atoms. The van der Waals surface area contributed by atoms with E-state index in [1.165, 1.54) is 10.6 Å². The van der Waals surface area contributed by atoms with E-state index in [2.05, 4.69) is 5.32 Å². The van der Waals surface area contributed by atoms with Gasteiger partial charge in [0.1, 0.15) is 6.04 Å². The first-order valence-corrected chi connectivity index (χ1v) is 6.73. The molecular formula is C14H20N2O4. The maximum Gasteiger partial charge on any atom is 0.303 e. The molecule has 0 aromatic carbocycles. The molecule has 0 fully saturated rings. The first kappa shape index (κ1) is 15.9. The van der Waals surface area contributed by atoms with Crippen LogP contribution in [0.1, 0.15) is 38.6 Å². The average molecular weight is 280 g/mol. The van der Waals surface area contributed by atoms with E-state index in [0.29, 0.717) is 19.4 Å². The van der Waals surface area contributed by atoms with Gasteiger partial charge in [-0.15, -0.1) is 0 Å². The Morgan fingerprint density at radius 3 is 2.75 bits per heavy atom. The number of amides is 1. The Morgan fingerprint density at radius 2 is 2.15 bits per heavy atom. The minimum Gasteiger partial charge on any atom is -0.481 e. The topological polar surface area (TPSA) is 88.4 Å². The summed E-state index contributed by atoms with van der Waals surface area (Å²) in [6, 6.07) is 4.22. The molecule has 1 atom stereocenters. The number of rotatable bonds is 8. The van der Waals surface area contributed by atoms with Crippen LogP contribution in [0.4, 0.5) is 0 Å². The number of hydrogen-bond donors (Lipinski definition) is 2. The van der Waals surface area contributed by atoms with Crippen molar-refractivity contribution in [2.45, 2.75) is 38.6 Å². The van der Waals surface area contributed by atoms with Crippen molar-refractivity contribution < 1.29 is 14.7 Å². The molecule has 6 nitrogen and oxygen atoms in total. The van der Waals surface area contributed by atoms with Gasteiger partial charge in [-0.2, -0.15) is 0 Å². The lowest BCUT2D eigenvalue weighted by atomic mass is 10.1. The molecule has 0 aliphatic heterocycles. The van der Waals surface area contributed by atoms with Crippen LogP contribution in [-0.4, -0.2) is 28.1 Å². The molecule has 2 N–H and O–H groups in total. The van der Waals surface area contributed by atoms with Gasteiger partial charge in [-0.3, -0.25) is 14.4 Å². The number of nitrogens with one attached hydrogen (secondary N) is 1. The summed E-state index contributed by atoms with van der Waals surface area (Å²) in [5.41, 5.74) is -0.216. The summed E-state index contributed by atoms with van der Waals surface area (Å²) in [5, 5.41) is 11.2. The lowest BCUT2D eigenvalue weighted by Gasteiger charge is -2.18. The van der Waals surface area contributed by atoms with Gasteiger partial charge in [-0.1, -0.05) is 19.4 Å². The Kier molecular flexibility index (Phi) is 6.49. The molecule has 1 amide bonds. The molecule has 1 rings (SSSR count). The molecule has 0 spiro atoms. The summed E-state index contributed by atoms with van der Waals surface area (Å²) < 4.78 is 1.41. The molecule has 0 saturated heterocycles.